The number of hydrogen-bond donors (Lipinski definition) is 1. The van der Waals surface area contributed by atoms with Crippen molar-refractivity contribution in [3.8, 4) is 0 Å². The highest BCUT2D eigenvalue weighted by Gasteiger charge is 2.31. The van der Waals surface area contributed by atoms with Crippen LogP contribution >= 0.6 is 11.3 Å². The van der Waals surface area contributed by atoms with Gasteiger partial charge in [0.05, 0.1) is 0 Å². The topological polar surface area (TPSA) is 12.0 Å². The number of thiophene rings is 1. The third-order valence-corrected chi connectivity index (χ3v) is 5.12. The summed E-state index contributed by atoms with van der Waals surface area (Å²) in [6.07, 6.45) is 5.21. The molecule has 1 aromatic heterocycles. The zero-order valence-corrected chi connectivity index (χ0v) is 13.1. The third kappa shape index (κ3) is 3.58. The van der Waals surface area contributed by atoms with Crippen LogP contribution in [-0.4, -0.2) is 6.04 Å². The maximum atomic E-state index is 3.80. The molecule has 1 aliphatic rings. The smallest absolute Gasteiger partial charge is 0.0305 e. The van der Waals surface area contributed by atoms with E-state index in [0.29, 0.717) is 11.5 Å². The lowest BCUT2D eigenvalue weighted by Gasteiger charge is -2.39. The molecule has 18 heavy (non-hydrogen) atoms. The van der Waals surface area contributed by atoms with Crippen molar-refractivity contribution in [2.45, 2.75) is 66.0 Å². The Morgan fingerprint density at radius 1 is 1.39 bits per heavy atom. The van der Waals surface area contributed by atoms with Gasteiger partial charge in [-0.2, -0.15) is 0 Å². The molecule has 0 aromatic carbocycles. The van der Waals surface area contributed by atoms with Crippen LogP contribution in [0, 0.1) is 11.3 Å². The number of aryl methyl sites for hydroxylation is 1. The van der Waals surface area contributed by atoms with E-state index in [-0.39, 0.29) is 0 Å². The average Bonchev–Trinajstić information content (AvgIpc) is 2.70. The van der Waals surface area contributed by atoms with Gasteiger partial charge in [-0.25, -0.2) is 0 Å². The van der Waals surface area contributed by atoms with Gasteiger partial charge in [-0.15, -0.1) is 11.3 Å². The van der Waals surface area contributed by atoms with E-state index in [2.05, 4.69) is 44.5 Å². The van der Waals surface area contributed by atoms with Crippen LogP contribution < -0.4 is 5.32 Å². The van der Waals surface area contributed by atoms with E-state index in [1.807, 2.05) is 11.3 Å². The minimum Gasteiger partial charge on any atom is -0.309 e. The summed E-state index contributed by atoms with van der Waals surface area (Å²) in [6.45, 7) is 10.5. The predicted molar refractivity (Wildman–Crippen MR) is 81.1 cm³/mol. The van der Waals surface area contributed by atoms with Crippen LogP contribution in [0.5, 0.6) is 0 Å². The van der Waals surface area contributed by atoms with E-state index in [0.717, 1.165) is 18.9 Å². The Kier molecular flexibility index (Phi) is 4.50. The average molecular weight is 265 g/mol. The molecule has 1 saturated carbocycles. The quantitative estimate of drug-likeness (QED) is 0.838. The monoisotopic (exact) mass is 265 g/mol. The second kappa shape index (κ2) is 5.75. The Morgan fingerprint density at radius 3 is 2.83 bits per heavy atom. The summed E-state index contributed by atoms with van der Waals surface area (Å²) in [5, 5.41) is 6.02. The van der Waals surface area contributed by atoms with Gasteiger partial charge in [0.1, 0.15) is 0 Å². The van der Waals surface area contributed by atoms with Crippen LogP contribution in [0.4, 0.5) is 0 Å². The molecule has 2 unspecified atom stereocenters. The van der Waals surface area contributed by atoms with Crippen molar-refractivity contribution in [1.29, 1.82) is 0 Å². The fraction of sp³-hybridized carbons (Fsp3) is 0.750. The molecule has 1 heterocycles. The molecule has 0 saturated heterocycles. The lowest BCUT2D eigenvalue weighted by atomic mass is 9.70. The minimum atomic E-state index is 0.512. The van der Waals surface area contributed by atoms with Gasteiger partial charge < -0.3 is 5.32 Å². The number of rotatable bonds is 4. The molecule has 1 N–H and O–H groups in total. The first-order chi connectivity index (χ1) is 8.50. The van der Waals surface area contributed by atoms with E-state index in [9.17, 15) is 0 Å². The molecule has 1 fully saturated rings. The van der Waals surface area contributed by atoms with Gasteiger partial charge in [0.2, 0.25) is 0 Å². The molecule has 0 amide bonds. The van der Waals surface area contributed by atoms with Crippen molar-refractivity contribution in [2.24, 2.45) is 11.3 Å². The summed E-state index contributed by atoms with van der Waals surface area (Å²) in [4.78, 5) is 1.54. The summed E-state index contributed by atoms with van der Waals surface area (Å²) < 4.78 is 0. The van der Waals surface area contributed by atoms with Crippen LogP contribution in [0.15, 0.2) is 11.4 Å². The molecule has 102 valence electrons. The van der Waals surface area contributed by atoms with E-state index in [1.165, 1.54) is 29.7 Å². The first-order valence-corrected chi connectivity index (χ1v) is 8.17. The Morgan fingerprint density at radius 2 is 2.17 bits per heavy atom. The standard InChI is InChI=1S/C16H27NS/c1-5-13-6-7-18-15(13)11-17-14-8-12(2)9-16(3,4)10-14/h6-7,12,14,17H,5,8-11H2,1-4H3. The molecular weight excluding hydrogens is 238 g/mol. The zero-order valence-electron chi connectivity index (χ0n) is 12.3. The van der Waals surface area contributed by atoms with Gasteiger partial charge in [-0.1, -0.05) is 27.7 Å². The third-order valence-electron chi connectivity index (χ3n) is 4.16. The van der Waals surface area contributed by atoms with Gasteiger partial charge in [0.15, 0.2) is 0 Å². The highest BCUT2D eigenvalue weighted by molar-refractivity contribution is 7.10. The maximum Gasteiger partial charge on any atom is 0.0305 e. The zero-order chi connectivity index (χ0) is 13.2. The van der Waals surface area contributed by atoms with Crippen molar-refractivity contribution < 1.29 is 0 Å². The summed E-state index contributed by atoms with van der Waals surface area (Å²) in [5.41, 5.74) is 2.04. The van der Waals surface area contributed by atoms with Gasteiger partial charge in [-0.05, 0) is 54.0 Å². The van der Waals surface area contributed by atoms with Crippen molar-refractivity contribution in [1.82, 2.24) is 5.32 Å². The van der Waals surface area contributed by atoms with Crippen LogP contribution in [0.1, 0.15) is 57.4 Å². The molecular formula is C16H27NS. The second-order valence-corrected chi connectivity index (χ2v) is 7.71. The van der Waals surface area contributed by atoms with Gasteiger partial charge in [-0.3, -0.25) is 0 Å². The largest absolute Gasteiger partial charge is 0.309 e. The summed E-state index contributed by atoms with van der Waals surface area (Å²) in [5.74, 6) is 0.861. The summed E-state index contributed by atoms with van der Waals surface area (Å²) >= 11 is 1.90. The van der Waals surface area contributed by atoms with Crippen molar-refractivity contribution in [3.05, 3.63) is 21.9 Å². The SMILES string of the molecule is CCc1ccsc1CNC1CC(C)CC(C)(C)C1. The highest BCUT2D eigenvalue weighted by Crippen LogP contribution is 2.38. The second-order valence-electron chi connectivity index (χ2n) is 6.71. The molecule has 2 atom stereocenters. The van der Waals surface area contributed by atoms with E-state index in [4.69, 9.17) is 0 Å². The molecule has 0 aliphatic heterocycles. The fourth-order valence-electron chi connectivity index (χ4n) is 3.58. The Bertz CT molecular complexity index is 380. The molecule has 2 rings (SSSR count). The van der Waals surface area contributed by atoms with Crippen molar-refractivity contribution in [2.75, 3.05) is 0 Å². The van der Waals surface area contributed by atoms with Crippen LogP contribution in [0.3, 0.4) is 0 Å². The lowest BCUT2D eigenvalue weighted by molar-refractivity contribution is 0.151. The van der Waals surface area contributed by atoms with Gasteiger partial charge in [0.25, 0.3) is 0 Å². The van der Waals surface area contributed by atoms with Crippen molar-refractivity contribution >= 4 is 11.3 Å². The Labute approximate surface area is 116 Å². The van der Waals surface area contributed by atoms with Crippen LogP contribution in [-0.2, 0) is 13.0 Å². The number of nitrogens with one attached hydrogen (secondary N) is 1. The molecule has 1 aliphatic carbocycles. The van der Waals surface area contributed by atoms with E-state index < -0.39 is 0 Å². The minimum absolute atomic E-state index is 0.512. The Hall–Kier alpha value is -0.340. The summed E-state index contributed by atoms with van der Waals surface area (Å²) in [7, 11) is 0. The normalized spacial score (nSPS) is 27.3. The van der Waals surface area contributed by atoms with E-state index >= 15 is 0 Å². The van der Waals surface area contributed by atoms with E-state index in [1.54, 1.807) is 0 Å². The fourth-order valence-corrected chi connectivity index (χ4v) is 4.50. The Balaban J connectivity index is 1.90. The van der Waals surface area contributed by atoms with Crippen LogP contribution in [0.2, 0.25) is 0 Å². The molecule has 0 radical (unpaired) electrons. The first-order valence-electron chi connectivity index (χ1n) is 7.29. The lowest BCUT2D eigenvalue weighted by Crippen LogP contribution is -2.39. The van der Waals surface area contributed by atoms with Gasteiger partial charge in [0, 0.05) is 17.5 Å². The van der Waals surface area contributed by atoms with Crippen molar-refractivity contribution in [3.63, 3.8) is 0 Å². The van der Waals surface area contributed by atoms with Gasteiger partial charge >= 0.3 is 0 Å². The molecule has 2 heteroatoms. The summed E-state index contributed by atoms with van der Waals surface area (Å²) in [6, 6.07) is 2.98. The molecule has 0 spiro atoms. The van der Waals surface area contributed by atoms with Crippen LogP contribution in [0.25, 0.3) is 0 Å². The first kappa shape index (κ1) is 14.1. The predicted octanol–water partition coefficient (Wildman–Crippen LogP) is 4.61. The maximum absolute atomic E-state index is 3.80. The highest BCUT2D eigenvalue weighted by atomic mass is 32.1. The molecule has 0 bridgehead atoms. The number of hydrogen-bond acceptors (Lipinski definition) is 2. The molecule has 1 aromatic rings. The molecule has 1 nitrogen and oxygen atoms in total.